The normalized spacial score (nSPS) is 10.4. The predicted octanol–water partition coefficient (Wildman–Crippen LogP) is 5.91. The fourth-order valence-electron chi connectivity index (χ4n) is 3.04. The van der Waals surface area contributed by atoms with Crippen molar-refractivity contribution in [2.45, 2.75) is 20.8 Å². The molecular weight excluding hydrogens is 416 g/mol. The first-order chi connectivity index (χ1) is 14.4. The van der Waals surface area contributed by atoms with E-state index >= 15 is 0 Å². The number of carbonyl (C=O) groups excluding carboxylic acids is 2. The van der Waals surface area contributed by atoms with Crippen LogP contribution in [0.2, 0.25) is 0 Å². The number of ether oxygens (including phenoxy) is 1. The molecule has 5 nitrogen and oxygen atoms in total. The number of ketones is 1. The van der Waals surface area contributed by atoms with Crippen LogP contribution in [0.25, 0.3) is 11.1 Å². The Morgan fingerprint density at radius 2 is 1.70 bits per heavy atom. The number of hydrogen-bond acceptors (Lipinski definition) is 5. The lowest BCUT2D eigenvalue weighted by Gasteiger charge is -2.12. The molecule has 3 rings (SSSR count). The first-order valence-electron chi connectivity index (χ1n) is 9.45. The summed E-state index contributed by atoms with van der Waals surface area (Å²) in [4.78, 5) is 25.2. The maximum atomic E-state index is 12.8. The smallest absolute Gasteiger partial charge is 0.341 e. The van der Waals surface area contributed by atoms with Gasteiger partial charge < -0.3 is 15.4 Å². The molecule has 0 saturated carbocycles. The monoisotopic (exact) mass is 438 g/mol. The summed E-state index contributed by atoms with van der Waals surface area (Å²) < 4.78 is 5.31. The predicted molar refractivity (Wildman–Crippen MR) is 127 cm³/mol. The van der Waals surface area contributed by atoms with Gasteiger partial charge in [-0.1, -0.05) is 30.3 Å². The number of thiophene rings is 1. The molecule has 1 heterocycles. The van der Waals surface area contributed by atoms with Crippen LogP contribution < -0.4 is 10.6 Å². The number of thiocarbonyl (C=S) groups is 1. The first kappa shape index (κ1) is 21.7. The average Bonchev–Trinajstić information content (AvgIpc) is 3.04. The van der Waals surface area contributed by atoms with E-state index in [2.05, 4.69) is 10.6 Å². The van der Waals surface area contributed by atoms with E-state index in [1.165, 1.54) is 18.3 Å². The van der Waals surface area contributed by atoms with E-state index in [1.54, 1.807) is 31.2 Å². The van der Waals surface area contributed by atoms with Crippen molar-refractivity contribution >= 4 is 51.1 Å². The van der Waals surface area contributed by atoms with Crippen LogP contribution in [0.1, 0.15) is 39.4 Å². The Bertz CT molecular complexity index is 1070. The highest BCUT2D eigenvalue weighted by Gasteiger charge is 2.24. The Kier molecular flexibility index (Phi) is 6.97. The molecule has 0 amide bonds. The van der Waals surface area contributed by atoms with Crippen LogP contribution in [0, 0.1) is 6.92 Å². The Morgan fingerprint density at radius 1 is 1.03 bits per heavy atom. The standard InChI is InChI=1S/C23H22N2O3S2/c1-4-28-22(27)20-19(17-8-6-5-7-9-17)15(3)30-21(20)25-23(29)24-18-12-10-16(11-13-18)14(2)26/h5-13H,4H2,1-3H3,(H2,24,25,29). The van der Waals surface area contributed by atoms with Gasteiger partial charge >= 0.3 is 5.97 Å². The second-order valence-electron chi connectivity index (χ2n) is 6.54. The molecular formula is C23H22N2O3S2. The number of nitrogens with one attached hydrogen (secondary N) is 2. The topological polar surface area (TPSA) is 67.4 Å². The molecule has 3 aromatic rings. The first-order valence-corrected chi connectivity index (χ1v) is 10.7. The van der Waals surface area contributed by atoms with E-state index in [4.69, 9.17) is 17.0 Å². The third-order valence-corrected chi connectivity index (χ3v) is 5.63. The minimum Gasteiger partial charge on any atom is -0.462 e. The number of carbonyl (C=O) groups is 2. The molecule has 0 radical (unpaired) electrons. The number of benzene rings is 2. The molecule has 2 aromatic carbocycles. The zero-order chi connectivity index (χ0) is 21.7. The maximum absolute atomic E-state index is 12.8. The Morgan fingerprint density at radius 3 is 2.30 bits per heavy atom. The van der Waals surface area contributed by atoms with Crippen molar-refractivity contribution in [2.75, 3.05) is 17.2 Å². The second-order valence-corrected chi connectivity index (χ2v) is 8.17. The van der Waals surface area contributed by atoms with Crippen molar-refractivity contribution in [2.24, 2.45) is 0 Å². The van der Waals surface area contributed by atoms with E-state index in [-0.39, 0.29) is 12.4 Å². The third kappa shape index (κ3) is 4.93. The molecule has 0 spiro atoms. The van der Waals surface area contributed by atoms with Gasteiger partial charge in [0.1, 0.15) is 10.6 Å². The number of esters is 1. The van der Waals surface area contributed by atoms with Gasteiger partial charge in [-0.2, -0.15) is 0 Å². The average molecular weight is 439 g/mol. The van der Waals surface area contributed by atoms with Crippen LogP contribution >= 0.6 is 23.6 Å². The van der Waals surface area contributed by atoms with Crippen molar-refractivity contribution < 1.29 is 14.3 Å². The van der Waals surface area contributed by atoms with Gasteiger partial charge in [0.05, 0.1) is 6.61 Å². The van der Waals surface area contributed by atoms with Crippen molar-refractivity contribution in [3.63, 3.8) is 0 Å². The summed E-state index contributed by atoms with van der Waals surface area (Å²) in [6.07, 6.45) is 0. The molecule has 0 bridgehead atoms. The fraction of sp³-hybridized carbons (Fsp3) is 0.174. The lowest BCUT2D eigenvalue weighted by molar-refractivity contribution is 0.0529. The van der Waals surface area contributed by atoms with Crippen LogP contribution in [0.5, 0.6) is 0 Å². The van der Waals surface area contributed by atoms with Gasteiger partial charge in [-0.3, -0.25) is 4.79 Å². The van der Waals surface area contributed by atoms with Gasteiger partial charge in [-0.05, 0) is 62.8 Å². The molecule has 2 N–H and O–H groups in total. The molecule has 0 aliphatic rings. The van der Waals surface area contributed by atoms with Crippen molar-refractivity contribution in [3.05, 3.63) is 70.6 Å². The summed E-state index contributed by atoms with van der Waals surface area (Å²) in [5.41, 5.74) is 3.63. The van der Waals surface area contributed by atoms with Crippen LogP contribution in [-0.2, 0) is 4.74 Å². The van der Waals surface area contributed by atoms with E-state index < -0.39 is 5.97 Å². The molecule has 7 heteroatoms. The van der Waals surface area contributed by atoms with Crippen LogP contribution in [0.15, 0.2) is 54.6 Å². The zero-order valence-electron chi connectivity index (χ0n) is 16.9. The molecule has 0 unspecified atom stereocenters. The van der Waals surface area contributed by atoms with Gasteiger partial charge in [0.2, 0.25) is 0 Å². The van der Waals surface area contributed by atoms with E-state index in [1.807, 2.05) is 37.3 Å². The molecule has 154 valence electrons. The zero-order valence-corrected chi connectivity index (χ0v) is 18.6. The summed E-state index contributed by atoms with van der Waals surface area (Å²) in [5.74, 6) is -0.388. The van der Waals surface area contributed by atoms with Gasteiger partial charge in [0.25, 0.3) is 0 Å². The minimum atomic E-state index is -0.392. The van der Waals surface area contributed by atoms with Crippen molar-refractivity contribution in [1.29, 1.82) is 0 Å². The maximum Gasteiger partial charge on any atom is 0.341 e. The number of rotatable bonds is 6. The highest BCUT2D eigenvalue weighted by Crippen LogP contribution is 2.40. The Balaban J connectivity index is 1.88. The highest BCUT2D eigenvalue weighted by atomic mass is 32.1. The number of aryl methyl sites for hydroxylation is 1. The molecule has 0 aliphatic heterocycles. The lowest BCUT2D eigenvalue weighted by Crippen LogP contribution is -2.20. The molecule has 0 aliphatic carbocycles. The second kappa shape index (κ2) is 9.65. The summed E-state index contributed by atoms with van der Waals surface area (Å²) in [7, 11) is 0. The molecule has 1 aromatic heterocycles. The summed E-state index contributed by atoms with van der Waals surface area (Å²) in [6, 6.07) is 16.8. The molecule has 0 fully saturated rings. The Hall–Kier alpha value is -3.03. The van der Waals surface area contributed by atoms with Crippen molar-refractivity contribution in [3.8, 4) is 11.1 Å². The SMILES string of the molecule is CCOC(=O)c1c(NC(=S)Nc2ccc(C(C)=O)cc2)sc(C)c1-c1ccccc1. The van der Waals surface area contributed by atoms with Gasteiger partial charge in [-0.15, -0.1) is 11.3 Å². The highest BCUT2D eigenvalue weighted by molar-refractivity contribution is 7.80. The van der Waals surface area contributed by atoms with E-state index in [0.717, 1.165) is 21.7 Å². The largest absolute Gasteiger partial charge is 0.462 e. The van der Waals surface area contributed by atoms with Gasteiger partial charge in [-0.25, -0.2) is 4.79 Å². The van der Waals surface area contributed by atoms with Crippen molar-refractivity contribution in [1.82, 2.24) is 0 Å². The van der Waals surface area contributed by atoms with Crippen LogP contribution in [0.3, 0.4) is 0 Å². The molecule has 0 atom stereocenters. The Labute approximate surface area is 185 Å². The number of hydrogen-bond donors (Lipinski definition) is 2. The molecule has 0 saturated heterocycles. The number of Topliss-reactive ketones (excluding diaryl/α,β-unsaturated/α-hetero) is 1. The lowest BCUT2D eigenvalue weighted by atomic mass is 10.0. The van der Waals surface area contributed by atoms with Gasteiger partial charge in [0.15, 0.2) is 10.9 Å². The third-order valence-electron chi connectivity index (χ3n) is 4.40. The molecule has 30 heavy (non-hydrogen) atoms. The quantitative estimate of drug-likeness (QED) is 0.283. The summed E-state index contributed by atoms with van der Waals surface area (Å²) in [6.45, 7) is 5.56. The fourth-order valence-corrected chi connectivity index (χ4v) is 4.39. The number of anilines is 2. The van der Waals surface area contributed by atoms with E-state index in [0.29, 0.717) is 21.2 Å². The summed E-state index contributed by atoms with van der Waals surface area (Å²) in [5, 5.41) is 7.20. The minimum absolute atomic E-state index is 0.00355. The van der Waals surface area contributed by atoms with E-state index in [9.17, 15) is 9.59 Å². The van der Waals surface area contributed by atoms with Crippen LogP contribution in [0.4, 0.5) is 10.7 Å². The van der Waals surface area contributed by atoms with Crippen LogP contribution in [-0.4, -0.2) is 23.5 Å². The van der Waals surface area contributed by atoms with Gasteiger partial charge in [0, 0.05) is 21.7 Å². The summed E-state index contributed by atoms with van der Waals surface area (Å²) >= 11 is 6.90.